The molecule has 0 spiro atoms. The van der Waals surface area contributed by atoms with Gasteiger partial charge in [0.2, 0.25) is 0 Å². The molecule has 0 bridgehead atoms. The van der Waals surface area contributed by atoms with Crippen molar-refractivity contribution in [1.29, 1.82) is 0 Å². The summed E-state index contributed by atoms with van der Waals surface area (Å²) in [6.45, 7) is 2.64. The van der Waals surface area contributed by atoms with Gasteiger partial charge in [0.15, 0.2) is 9.84 Å². The number of amides is 1. The molecule has 1 saturated heterocycles. The van der Waals surface area contributed by atoms with Gasteiger partial charge < -0.3 is 14.1 Å². The van der Waals surface area contributed by atoms with E-state index in [1.54, 1.807) is 41.3 Å². The van der Waals surface area contributed by atoms with Gasteiger partial charge in [-0.15, -0.1) is 0 Å². The van der Waals surface area contributed by atoms with Crippen LogP contribution >= 0.6 is 11.6 Å². The lowest BCUT2D eigenvalue weighted by Crippen LogP contribution is -2.40. The molecule has 33 heavy (non-hydrogen) atoms. The van der Waals surface area contributed by atoms with Gasteiger partial charge in [0.05, 0.1) is 30.2 Å². The maximum Gasteiger partial charge on any atom is 0.258 e. The van der Waals surface area contributed by atoms with Crippen LogP contribution in [0.4, 0.5) is 0 Å². The predicted molar refractivity (Wildman–Crippen MR) is 128 cm³/mol. The zero-order chi connectivity index (χ0) is 23.4. The maximum atomic E-state index is 13.6. The first-order valence-corrected chi connectivity index (χ1v) is 13.1. The van der Waals surface area contributed by atoms with E-state index in [-0.39, 0.29) is 24.0 Å². The lowest BCUT2D eigenvalue weighted by Gasteiger charge is -2.28. The summed E-state index contributed by atoms with van der Waals surface area (Å²) >= 11 is 6.10. The van der Waals surface area contributed by atoms with E-state index in [2.05, 4.69) is 0 Å². The van der Waals surface area contributed by atoms with Gasteiger partial charge in [-0.2, -0.15) is 0 Å². The van der Waals surface area contributed by atoms with Crippen LogP contribution in [-0.4, -0.2) is 43.4 Å². The third-order valence-corrected chi connectivity index (χ3v) is 7.57. The molecule has 6 nitrogen and oxygen atoms in total. The van der Waals surface area contributed by atoms with Crippen LogP contribution in [0.2, 0.25) is 5.02 Å². The van der Waals surface area contributed by atoms with Crippen molar-refractivity contribution in [3.05, 3.63) is 77.0 Å². The van der Waals surface area contributed by atoms with E-state index >= 15 is 0 Å². The van der Waals surface area contributed by atoms with Crippen molar-refractivity contribution < 1.29 is 22.4 Å². The van der Waals surface area contributed by atoms with Crippen LogP contribution in [0.3, 0.4) is 0 Å². The predicted octanol–water partition coefficient (Wildman–Crippen LogP) is 5.22. The highest BCUT2D eigenvalue weighted by Crippen LogP contribution is 2.29. The third-order valence-electron chi connectivity index (χ3n) is 5.59. The fourth-order valence-electron chi connectivity index (χ4n) is 3.95. The quantitative estimate of drug-likeness (QED) is 0.435. The van der Waals surface area contributed by atoms with E-state index in [4.69, 9.17) is 20.8 Å². The van der Waals surface area contributed by atoms with Crippen molar-refractivity contribution in [2.75, 3.05) is 18.1 Å². The van der Waals surface area contributed by atoms with E-state index in [9.17, 15) is 13.2 Å². The number of benzene rings is 2. The standard InChI is InChI=1S/C25H26ClNO5S/c1-2-13-31-24-9-4-3-8-22(24)25(28)27(20-12-14-33(29,30)17-20)16-21-10-11-23(32-21)18-6-5-7-19(26)15-18/h3-11,15,20H,2,12-14,16-17H2,1H3/t20-/m0/s1. The van der Waals surface area contributed by atoms with Crippen molar-refractivity contribution in [2.24, 2.45) is 0 Å². The SMILES string of the molecule is CCCOc1ccccc1C(=O)N(Cc1ccc(-c2cccc(Cl)c2)o1)[C@H]1CCS(=O)(=O)C1. The molecule has 1 fully saturated rings. The number of ether oxygens (including phenoxy) is 1. The lowest BCUT2D eigenvalue weighted by molar-refractivity contribution is 0.0662. The fraction of sp³-hybridized carbons (Fsp3) is 0.320. The number of carbonyl (C=O) groups is 1. The fourth-order valence-corrected chi connectivity index (χ4v) is 5.87. The van der Waals surface area contributed by atoms with Gasteiger partial charge in [-0.05, 0) is 49.2 Å². The van der Waals surface area contributed by atoms with E-state index in [0.29, 0.717) is 40.9 Å². The number of nitrogens with zero attached hydrogens (tertiary/aromatic N) is 1. The average molecular weight is 488 g/mol. The van der Waals surface area contributed by atoms with Gasteiger partial charge in [-0.25, -0.2) is 8.42 Å². The molecule has 1 aliphatic rings. The topological polar surface area (TPSA) is 76.8 Å². The Hall–Kier alpha value is -2.77. The molecule has 8 heteroatoms. The molecule has 174 valence electrons. The van der Waals surface area contributed by atoms with Crippen LogP contribution in [-0.2, 0) is 16.4 Å². The second kappa shape index (κ2) is 10.0. The third kappa shape index (κ3) is 5.60. The number of hydrogen-bond donors (Lipinski definition) is 0. The zero-order valence-corrected chi connectivity index (χ0v) is 19.9. The second-order valence-electron chi connectivity index (χ2n) is 8.11. The Labute approximate surface area is 199 Å². The van der Waals surface area contributed by atoms with Gasteiger partial charge in [-0.3, -0.25) is 4.79 Å². The molecule has 0 radical (unpaired) electrons. The molecule has 4 rings (SSSR count). The Morgan fingerprint density at radius 1 is 1.15 bits per heavy atom. The highest BCUT2D eigenvalue weighted by atomic mass is 35.5. The number of halogens is 1. The van der Waals surface area contributed by atoms with Crippen molar-refractivity contribution in [2.45, 2.75) is 32.4 Å². The van der Waals surface area contributed by atoms with Crippen molar-refractivity contribution >= 4 is 27.3 Å². The number of sulfone groups is 1. The molecule has 1 atom stereocenters. The first-order valence-electron chi connectivity index (χ1n) is 10.9. The lowest BCUT2D eigenvalue weighted by atomic mass is 10.1. The summed E-state index contributed by atoms with van der Waals surface area (Å²) in [5.41, 5.74) is 1.24. The largest absolute Gasteiger partial charge is 0.493 e. The maximum absolute atomic E-state index is 13.6. The van der Waals surface area contributed by atoms with Crippen LogP contribution in [0, 0.1) is 0 Å². The molecular weight excluding hydrogens is 462 g/mol. The monoisotopic (exact) mass is 487 g/mol. The summed E-state index contributed by atoms with van der Waals surface area (Å²) in [4.78, 5) is 15.2. The summed E-state index contributed by atoms with van der Waals surface area (Å²) in [5.74, 6) is 1.43. The Morgan fingerprint density at radius 3 is 2.70 bits per heavy atom. The summed E-state index contributed by atoms with van der Waals surface area (Å²) < 4.78 is 36.2. The van der Waals surface area contributed by atoms with Gasteiger partial charge in [0.1, 0.15) is 17.3 Å². The molecule has 1 aliphatic heterocycles. The first kappa shape index (κ1) is 23.4. The average Bonchev–Trinajstić information content (AvgIpc) is 3.42. The Kier molecular flexibility index (Phi) is 7.10. The number of para-hydroxylation sites is 1. The van der Waals surface area contributed by atoms with Gasteiger partial charge in [0.25, 0.3) is 5.91 Å². The molecule has 3 aromatic rings. The summed E-state index contributed by atoms with van der Waals surface area (Å²) in [6, 6.07) is 17.6. The normalized spacial score (nSPS) is 17.1. The number of rotatable bonds is 8. The molecule has 2 aromatic carbocycles. The van der Waals surface area contributed by atoms with Crippen LogP contribution in [0.15, 0.2) is 65.1 Å². The molecule has 0 N–H and O–H groups in total. The van der Waals surface area contributed by atoms with Crippen LogP contribution in [0.5, 0.6) is 5.75 Å². The van der Waals surface area contributed by atoms with Crippen LogP contribution < -0.4 is 4.74 Å². The summed E-state index contributed by atoms with van der Waals surface area (Å²) in [5, 5.41) is 0.599. The van der Waals surface area contributed by atoms with E-state index in [0.717, 1.165) is 12.0 Å². The highest BCUT2D eigenvalue weighted by molar-refractivity contribution is 7.91. The zero-order valence-electron chi connectivity index (χ0n) is 18.4. The van der Waals surface area contributed by atoms with Crippen LogP contribution in [0.25, 0.3) is 11.3 Å². The minimum Gasteiger partial charge on any atom is -0.493 e. The smallest absolute Gasteiger partial charge is 0.258 e. The van der Waals surface area contributed by atoms with E-state index in [1.165, 1.54) is 0 Å². The number of carbonyl (C=O) groups excluding carboxylic acids is 1. The van der Waals surface area contributed by atoms with Gasteiger partial charge >= 0.3 is 0 Å². The number of furan rings is 1. The first-order chi connectivity index (χ1) is 15.9. The molecule has 0 aliphatic carbocycles. The van der Waals surface area contributed by atoms with Crippen LogP contribution in [0.1, 0.15) is 35.9 Å². The highest BCUT2D eigenvalue weighted by Gasteiger charge is 2.36. The van der Waals surface area contributed by atoms with E-state index in [1.807, 2.05) is 31.2 Å². The summed E-state index contributed by atoms with van der Waals surface area (Å²) in [7, 11) is -3.19. The number of hydrogen-bond acceptors (Lipinski definition) is 5. The van der Waals surface area contributed by atoms with Crippen molar-refractivity contribution in [3.63, 3.8) is 0 Å². The van der Waals surface area contributed by atoms with Crippen molar-refractivity contribution in [1.82, 2.24) is 4.90 Å². The molecule has 0 unspecified atom stereocenters. The molecule has 1 amide bonds. The second-order valence-corrected chi connectivity index (χ2v) is 10.8. The molecule has 1 aromatic heterocycles. The minimum absolute atomic E-state index is 0.0570. The molecular formula is C25H26ClNO5S. The Morgan fingerprint density at radius 2 is 1.97 bits per heavy atom. The molecule has 2 heterocycles. The van der Waals surface area contributed by atoms with Gasteiger partial charge in [-0.1, -0.05) is 42.8 Å². The van der Waals surface area contributed by atoms with E-state index < -0.39 is 15.9 Å². The minimum atomic E-state index is -3.19. The Bertz CT molecular complexity index is 1240. The Balaban J connectivity index is 1.64. The molecule has 0 saturated carbocycles. The van der Waals surface area contributed by atoms with Crippen molar-refractivity contribution in [3.8, 4) is 17.1 Å². The summed E-state index contributed by atoms with van der Waals surface area (Å²) in [6.07, 6.45) is 1.21. The van der Waals surface area contributed by atoms with Gasteiger partial charge in [0, 0.05) is 16.6 Å².